The van der Waals surface area contributed by atoms with Gasteiger partial charge in [0.05, 0.1) is 19.2 Å². The van der Waals surface area contributed by atoms with Crippen LogP contribution in [-0.2, 0) is 9.59 Å². The van der Waals surface area contributed by atoms with Crippen LogP contribution >= 0.6 is 0 Å². The van der Waals surface area contributed by atoms with Crippen LogP contribution in [0.5, 0.6) is 0 Å². The zero-order chi connectivity index (χ0) is 10.0. The highest BCUT2D eigenvalue weighted by molar-refractivity contribution is 5.92. The number of carbonyl (C=O) groups excluding carboxylic acids is 2. The van der Waals surface area contributed by atoms with Gasteiger partial charge in [0, 0.05) is 13.6 Å². The van der Waals surface area contributed by atoms with Gasteiger partial charge < -0.3 is 14.9 Å². The molecule has 13 heavy (non-hydrogen) atoms. The number of hydrogen-bond acceptors (Lipinski definition) is 3. The monoisotopic (exact) mass is 186 g/mol. The Kier molecular flexibility index (Phi) is 2.87. The first-order valence-electron chi connectivity index (χ1n) is 4.20. The first kappa shape index (κ1) is 9.98. The molecule has 0 aliphatic carbocycles. The van der Waals surface area contributed by atoms with E-state index in [2.05, 4.69) is 0 Å². The number of aliphatic hydroxyl groups excluding tert-OH is 1. The molecular formula is C8H14N2O3. The second-order valence-corrected chi connectivity index (χ2v) is 3.37. The summed E-state index contributed by atoms with van der Waals surface area (Å²) in [5.41, 5.74) is 0. The van der Waals surface area contributed by atoms with E-state index in [1.165, 1.54) is 9.80 Å². The number of likely N-dealkylation sites (N-methyl/N-ethyl adjacent to an activating group) is 1. The average molecular weight is 186 g/mol. The first-order valence-corrected chi connectivity index (χ1v) is 4.20. The zero-order valence-corrected chi connectivity index (χ0v) is 7.86. The molecule has 0 spiro atoms. The average Bonchev–Trinajstić information content (AvgIpc) is 1.99. The number of rotatable bonds is 2. The molecule has 1 rings (SSSR count). The number of aliphatic hydroxyl groups is 1. The Labute approximate surface area is 76.9 Å². The highest BCUT2D eigenvalue weighted by Crippen LogP contribution is 2.03. The minimum Gasteiger partial charge on any atom is -0.392 e. The first-order chi connectivity index (χ1) is 6.00. The van der Waals surface area contributed by atoms with Crippen molar-refractivity contribution in [3.63, 3.8) is 0 Å². The largest absolute Gasteiger partial charge is 0.392 e. The lowest BCUT2D eigenvalue weighted by Crippen LogP contribution is -2.53. The predicted molar refractivity (Wildman–Crippen MR) is 45.9 cm³/mol. The molecule has 5 nitrogen and oxygen atoms in total. The standard InChI is InChI=1S/C8H14N2O3/c1-6(11)3-10-5-7(12)9(2)4-8(10)13/h6,11H,3-5H2,1-2H3/t6-/m0/s1. The molecule has 1 aliphatic heterocycles. The van der Waals surface area contributed by atoms with E-state index in [4.69, 9.17) is 5.11 Å². The maximum absolute atomic E-state index is 11.3. The van der Waals surface area contributed by atoms with Crippen molar-refractivity contribution in [1.29, 1.82) is 0 Å². The lowest BCUT2D eigenvalue weighted by Gasteiger charge is -2.32. The van der Waals surface area contributed by atoms with Crippen molar-refractivity contribution in [2.45, 2.75) is 13.0 Å². The fraction of sp³-hybridized carbons (Fsp3) is 0.750. The lowest BCUT2D eigenvalue weighted by molar-refractivity contribution is -0.149. The molecule has 1 saturated heterocycles. The maximum Gasteiger partial charge on any atom is 0.242 e. The van der Waals surface area contributed by atoms with Crippen molar-refractivity contribution in [3.8, 4) is 0 Å². The Morgan fingerprint density at radius 2 is 2.00 bits per heavy atom. The Morgan fingerprint density at radius 3 is 2.54 bits per heavy atom. The van der Waals surface area contributed by atoms with E-state index in [-0.39, 0.29) is 31.4 Å². The Morgan fingerprint density at radius 1 is 1.38 bits per heavy atom. The van der Waals surface area contributed by atoms with Gasteiger partial charge in [-0.3, -0.25) is 9.59 Å². The molecule has 1 atom stereocenters. The van der Waals surface area contributed by atoms with Gasteiger partial charge in [0.1, 0.15) is 0 Å². The molecule has 0 unspecified atom stereocenters. The summed E-state index contributed by atoms with van der Waals surface area (Å²) in [7, 11) is 1.60. The van der Waals surface area contributed by atoms with Gasteiger partial charge in [0.2, 0.25) is 11.8 Å². The molecule has 0 aromatic carbocycles. The third kappa shape index (κ3) is 2.42. The molecule has 0 aromatic heterocycles. The van der Waals surface area contributed by atoms with Gasteiger partial charge in [0.15, 0.2) is 0 Å². The summed E-state index contributed by atoms with van der Waals surface area (Å²) in [6.07, 6.45) is -0.583. The molecule has 0 bridgehead atoms. The van der Waals surface area contributed by atoms with E-state index in [0.29, 0.717) is 0 Å². The molecule has 1 fully saturated rings. The molecule has 0 radical (unpaired) electrons. The van der Waals surface area contributed by atoms with E-state index in [1.807, 2.05) is 0 Å². The fourth-order valence-corrected chi connectivity index (χ4v) is 1.25. The van der Waals surface area contributed by atoms with Crippen LogP contribution in [0.4, 0.5) is 0 Å². The van der Waals surface area contributed by atoms with E-state index >= 15 is 0 Å². The summed E-state index contributed by atoms with van der Waals surface area (Å²) >= 11 is 0. The molecule has 1 N–H and O–H groups in total. The predicted octanol–water partition coefficient (Wildman–Crippen LogP) is -1.33. The number of carbonyl (C=O) groups is 2. The third-order valence-corrected chi connectivity index (χ3v) is 1.96. The molecule has 1 heterocycles. The Bertz CT molecular complexity index is 227. The van der Waals surface area contributed by atoms with Crippen molar-refractivity contribution < 1.29 is 14.7 Å². The van der Waals surface area contributed by atoms with Crippen molar-refractivity contribution >= 4 is 11.8 Å². The fourth-order valence-electron chi connectivity index (χ4n) is 1.25. The zero-order valence-electron chi connectivity index (χ0n) is 7.86. The van der Waals surface area contributed by atoms with Crippen LogP contribution in [0.1, 0.15) is 6.92 Å². The van der Waals surface area contributed by atoms with Crippen LogP contribution in [0, 0.1) is 0 Å². The Balaban J connectivity index is 2.56. The molecule has 1 aliphatic rings. The highest BCUT2D eigenvalue weighted by atomic mass is 16.3. The lowest BCUT2D eigenvalue weighted by atomic mass is 10.2. The number of amides is 2. The van der Waals surface area contributed by atoms with Gasteiger partial charge in [-0.2, -0.15) is 0 Å². The van der Waals surface area contributed by atoms with Gasteiger partial charge in [-0.25, -0.2) is 0 Å². The summed E-state index contributed by atoms with van der Waals surface area (Å²) in [6.45, 7) is 2.03. The molecule has 74 valence electrons. The maximum atomic E-state index is 11.3. The molecule has 0 aromatic rings. The van der Waals surface area contributed by atoms with Crippen LogP contribution in [0.15, 0.2) is 0 Å². The number of hydrogen-bond donors (Lipinski definition) is 1. The van der Waals surface area contributed by atoms with Crippen molar-refractivity contribution in [1.82, 2.24) is 9.80 Å². The van der Waals surface area contributed by atoms with Crippen LogP contribution in [0.25, 0.3) is 0 Å². The van der Waals surface area contributed by atoms with Crippen molar-refractivity contribution in [2.24, 2.45) is 0 Å². The van der Waals surface area contributed by atoms with E-state index in [1.54, 1.807) is 14.0 Å². The number of β-amino-alcohol motifs (C(OH)–C–C–N with tert-alkyl or cyclic N) is 1. The second kappa shape index (κ2) is 3.74. The summed E-state index contributed by atoms with van der Waals surface area (Å²) in [4.78, 5) is 25.3. The molecule has 0 saturated carbocycles. The summed E-state index contributed by atoms with van der Waals surface area (Å²) in [5.74, 6) is -0.191. The Hall–Kier alpha value is -1.10. The highest BCUT2D eigenvalue weighted by Gasteiger charge is 2.27. The van der Waals surface area contributed by atoms with E-state index < -0.39 is 6.10 Å². The SMILES string of the molecule is C[C@H](O)CN1CC(=O)N(C)CC1=O. The van der Waals surface area contributed by atoms with Crippen LogP contribution in [-0.4, -0.2) is 59.5 Å². The van der Waals surface area contributed by atoms with E-state index in [9.17, 15) is 9.59 Å². The second-order valence-electron chi connectivity index (χ2n) is 3.37. The van der Waals surface area contributed by atoms with Gasteiger partial charge in [-0.1, -0.05) is 0 Å². The summed E-state index contributed by atoms with van der Waals surface area (Å²) < 4.78 is 0. The van der Waals surface area contributed by atoms with Gasteiger partial charge in [0.25, 0.3) is 0 Å². The number of piperazine rings is 1. The third-order valence-electron chi connectivity index (χ3n) is 1.96. The minimum absolute atomic E-state index is 0.0831. The van der Waals surface area contributed by atoms with E-state index in [0.717, 1.165) is 0 Å². The van der Waals surface area contributed by atoms with Gasteiger partial charge in [-0.05, 0) is 6.92 Å². The summed E-state index contributed by atoms with van der Waals surface area (Å²) in [5, 5.41) is 9.06. The minimum atomic E-state index is -0.583. The van der Waals surface area contributed by atoms with Gasteiger partial charge >= 0.3 is 0 Å². The quantitative estimate of drug-likeness (QED) is 0.581. The molecular weight excluding hydrogens is 172 g/mol. The van der Waals surface area contributed by atoms with Gasteiger partial charge in [-0.15, -0.1) is 0 Å². The normalized spacial score (nSPS) is 20.8. The van der Waals surface area contributed by atoms with Crippen LogP contribution in [0.3, 0.4) is 0 Å². The molecule has 2 amide bonds. The smallest absolute Gasteiger partial charge is 0.242 e. The van der Waals surface area contributed by atoms with Crippen LogP contribution < -0.4 is 0 Å². The van der Waals surface area contributed by atoms with Crippen molar-refractivity contribution in [3.05, 3.63) is 0 Å². The number of nitrogens with zero attached hydrogens (tertiary/aromatic N) is 2. The van der Waals surface area contributed by atoms with Crippen molar-refractivity contribution in [2.75, 3.05) is 26.7 Å². The van der Waals surface area contributed by atoms with Crippen LogP contribution in [0.2, 0.25) is 0 Å². The topological polar surface area (TPSA) is 60.9 Å². The molecule has 5 heteroatoms. The summed E-state index contributed by atoms with van der Waals surface area (Å²) in [6, 6.07) is 0.